The van der Waals surface area contributed by atoms with Crippen LogP contribution in [0.15, 0.2) is 182 Å². The van der Waals surface area contributed by atoms with Crippen molar-refractivity contribution < 1.29 is 24.4 Å². The molecule has 0 aromatic heterocycles. The van der Waals surface area contributed by atoms with Crippen LogP contribution in [0, 0.1) is 18.2 Å². The molecule has 7 heteroatoms. The van der Waals surface area contributed by atoms with Gasteiger partial charge in [-0.05, 0) is 72.8 Å². The van der Waals surface area contributed by atoms with E-state index in [0.717, 1.165) is 0 Å². The Kier molecular flexibility index (Phi) is 25.3. The van der Waals surface area contributed by atoms with E-state index < -0.39 is 15.8 Å². The summed E-state index contributed by atoms with van der Waals surface area (Å²) in [4.78, 5) is 3.22. The van der Waals surface area contributed by atoms with Crippen molar-refractivity contribution in [2.24, 2.45) is 0 Å². The largest absolute Gasteiger partial charge is 0.102 e. The van der Waals surface area contributed by atoms with Crippen LogP contribution in [0.5, 0.6) is 0 Å². The maximum atomic E-state index is 7.50. The summed E-state index contributed by atoms with van der Waals surface area (Å²) in [5.74, 6) is 0. The third-order valence-electron chi connectivity index (χ3n) is 6.37. The summed E-state index contributed by atoms with van der Waals surface area (Å²) in [6, 6.07) is 65.0. The zero-order valence-corrected chi connectivity index (χ0v) is 33.8. The molecule has 0 bridgehead atoms. The molecule has 0 saturated heterocycles. The Balaban J connectivity index is 0.000000379. The molecular weight excluding hydrogens is 1010 g/mol. The quantitative estimate of drug-likeness (QED) is 0.0697. The summed E-state index contributed by atoms with van der Waals surface area (Å²) in [5, 5.41) is 8.61. The van der Waals surface area contributed by atoms with Crippen molar-refractivity contribution in [2.45, 2.75) is 0 Å². The van der Waals surface area contributed by atoms with Gasteiger partial charge in [0.25, 0.3) is 0 Å². The van der Waals surface area contributed by atoms with Gasteiger partial charge >= 0.3 is 57.3 Å². The smallest absolute Gasteiger partial charge is 0.0620 e. The van der Waals surface area contributed by atoms with Gasteiger partial charge < -0.3 is 22.6 Å². The van der Waals surface area contributed by atoms with Crippen LogP contribution in [-0.4, -0.2) is 0 Å². The van der Waals surface area contributed by atoms with Gasteiger partial charge in [-0.1, -0.05) is 109 Å². The van der Waals surface area contributed by atoms with Crippen LogP contribution in [0.1, 0.15) is 0 Å². The van der Waals surface area contributed by atoms with Gasteiger partial charge in [-0.15, -0.1) is 0 Å². The van der Waals surface area contributed by atoms with Crippen LogP contribution in [0.25, 0.3) is 0 Å². The van der Waals surface area contributed by atoms with Crippen molar-refractivity contribution in [1.29, 1.82) is 0 Å². The first kappa shape index (κ1) is 41.8. The molecule has 0 aliphatic rings. The predicted molar refractivity (Wildman–Crippen MR) is 214 cm³/mol. The minimum absolute atomic E-state index is 0.877. The minimum atomic E-state index is -0.877. The van der Waals surface area contributed by atoms with Gasteiger partial charge in [-0.25, -0.2) is 0 Å². The van der Waals surface area contributed by atoms with Crippen molar-refractivity contribution in [2.75, 3.05) is 0 Å². The fourth-order valence-electron chi connectivity index (χ4n) is 4.63. The first-order valence-electron chi connectivity index (χ1n) is 13.8. The average molecular weight is 1040 g/mol. The van der Waals surface area contributed by atoms with Crippen molar-refractivity contribution in [3.63, 3.8) is 0 Å². The van der Waals surface area contributed by atoms with Gasteiger partial charge in [0.05, 0.1) is 15.8 Å². The molecule has 0 N–H and O–H groups in total. The van der Waals surface area contributed by atoms with Crippen LogP contribution >= 0.6 is 58.1 Å². The molecule has 0 spiro atoms. The first-order chi connectivity index (χ1) is 22.9. The normalized spacial score (nSPS) is 9.09. The average Bonchev–Trinajstić information content (AvgIpc) is 3.18. The van der Waals surface area contributed by atoms with Gasteiger partial charge in [0, 0.05) is 0 Å². The van der Waals surface area contributed by atoms with Crippen LogP contribution in [0.4, 0.5) is 0 Å². The van der Waals surface area contributed by atoms with Crippen LogP contribution in [0.3, 0.4) is 0 Å². The molecule has 6 rings (SSSR count). The van der Waals surface area contributed by atoms with E-state index in [9.17, 15) is 0 Å². The van der Waals surface area contributed by atoms with Gasteiger partial charge in [-0.2, -0.15) is 0 Å². The van der Waals surface area contributed by atoms with E-state index in [1.165, 1.54) is 31.8 Å². The molecule has 6 aromatic rings. The first-order valence-corrected chi connectivity index (χ1v) is 25.5. The third-order valence-corrected chi connectivity index (χ3v) is 11.8. The number of halogens is 2. The fourth-order valence-corrected chi connectivity index (χ4v) is 9.78. The molecule has 0 aliphatic carbocycles. The maximum absolute atomic E-state index is 7.50. The Labute approximate surface area is 311 Å². The second kappa shape index (κ2) is 27.8. The van der Waals surface area contributed by atoms with Crippen LogP contribution < -0.4 is 31.8 Å². The summed E-state index contributed by atoms with van der Waals surface area (Å²) in [6.07, 6.45) is 0. The molecule has 0 saturated carbocycles. The summed E-state index contributed by atoms with van der Waals surface area (Å²) >= 11 is 5.91. The Morgan fingerprint density at radius 2 is 0.435 bits per heavy atom. The molecule has 2 nitrogen and oxygen atoms in total. The van der Waals surface area contributed by atoms with E-state index in [1.54, 1.807) is 0 Å². The molecule has 0 fully saturated rings. The van der Waals surface area contributed by atoms with Crippen molar-refractivity contribution in [3.05, 3.63) is 200 Å². The number of hydrogen-bond donors (Lipinski definition) is 0. The van der Waals surface area contributed by atoms with Gasteiger partial charge in [-0.3, -0.25) is 4.93 Å². The van der Waals surface area contributed by atoms with E-state index in [-0.39, 0.29) is 0 Å². The fraction of sp³-hybridized carbons (Fsp3) is 0. The molecule has 0 heterocycles. The van der Waals surface area contributed by atoms with E-state index in [0.29, 0.717) is 0 Å². The minimum Gasteiger partial charge on any atom is -0.0620 e. The molecule has 0 amide bonds. The zero-order chi connectivity index (χ0) is 33.8. The molecule has 6 aromatic carbocycles. The van der Waals surface area contributed by atoms with Crippen LogP contribution in [0.2, 0.25) is 0 Å². The Hall–Kier alpha value is -2.24. The van der Waals surface area contributed by atoms with Gasteiger partial charge in [0.1, 0.15) is 31.8 Å². The summed E-state index contributed by atoms with van der Waals surface area (Å²) in [5.41, 5.74) is 0. The molecular formula is C39H34I2O2OsP2+. The topological polar surface area (TPSA) is 39.8 Å². The summed E-state index contributed by atoms with van der Waals surface area (Å²) < 4.78 is 15.0. The predicted octanol–water partition coefficient (Wildman–Crippen LogP) is 8.38. The maximum Gasteiger partial charge on any atom is 0.102 e. The second-order valence-corrected chi connectivity index (χ2v) is 13.9. The molecule has 0 radical (unpaired) electrons. The SMILES string of the molecule is [C-]#[O+].[C-]#[O+].[CH2-]I.[I][Os].c1ccc([PH+](c2ccccc2)c2ccccc2)cc1.c1ccc([PH+](c2ccccc2)c2ccccc2)cc1. The number of hydrogen-bond acceptors (Lipinski definition) is 0. The Bertz CT molecular complexity index is 1280. The van der Waals surface area contributed by atoms with Crippen molar-refractivity contribution in [3.8, 4) is 0 Å². The monoisotopic (exact) mass is 1040 g/mol. The van der Waals surface area contributed by atoms with E-state index in [1.807, 2.05) is 37.6 Å². The number of rotatable bonds is 6. The third kappa shape index (κ3) is 14.3. The van der Waals surface area contributed by atoms with Crippen LogP contribution in [-0.2, 0) is 24.4 Å². The summed E-state index contributed by atoms with van der Waals surface area (Å²) in [7, 11) is -1.75. The Morgan fingerprint density at radius 1 is 0.326 bits per heavy atom. The molecule has 0 unspecified atom stereocenters. The van der Waals surface area contributed by atoms with Gasteiger partial charge in [0.15, 0.2) is 0 Å². The summed E-state index contributed by atoms with van der Waals surface area (Å²) in [6.45, 7) is 9.00. The second-order valence-electron chi connectivity index (χ2n) is 8.95. The molecule has 0 atom stereocenters. The van der Waals surface area contributed by atoms with Crippen molar-refractivity contribution >= 4 is 89.9 Å². The molecule has 46 heavy (non-hydrogen) atoms. The Morgan fingerprint density at radius 3 is 0.543 bits per heavy atom. The standard InChI is InChI=1S/2C18H15P.CH2I.2CO.HI.Os/c2*1-4-10-16(11-5-1)19(17-12-6-2-7-13-17)18-14-8-3-9-15-18;3*1-2;;/h2*1-15H;1H2;;;1H;/q;;-1;;;;+1/p+1. The van der Waals surface area contributed by atoms with E-state index in [4.69, 9.17) is 9.30 Å². The van der Waals surface area contributed by atoms with Crippen molar-refractivity contribution in [1.82, 2.24) is 0 Å². The van der Waals surface area contributed by atoms with E-state index in [2.05, 4.69) is 220 Å². The molecule has 233 valence electrons. The van der Waals surface area contributed by atoms with E-state index >= 15 is 0 Å². The molecule has 0 aliphatic heterocycles. The van der Waals surface area contributed by atoms with Gasteiger partial charge in [0.2, 0.25) is 0 Å². The zero-order valence-electron chi connectivity index (χ0n) is 25.0. The number of benzene rings is 6.